The molecule has 0 saturated carbocycles. The number of hydrogen-bond acceptors (Lipinski definition) is 3. The molecule has 0 radical (unpaired) electrons. The van der Waals surface area contributed by atoms with Gasteiger partial charge in [-0.05, 0) is 42.2 Å². The molecule has 2 aromatic rings. The number of anilines is 1. The van der Waals surface area contributed by atoms with Crippen molar-refractivity contribution in [1.82, 2.24) is 5.32 Å². The molecule has 2 aliphatic rings. The van der Waals surface area contributed by atoms with Crippen molar-refractivity contribution in [2.24, 2.45) is 0 Å². The molecule has 4 rings (SSSR count). The van der Waals surface area contributed by atoms with E-state index in [0.29, 0.717) is 17.0 Å². The van der Waals surface area contributed by atoms with Crippen molar-refractivity contribution >= 4 is 23.2 Å². The fourth-order valence-corrected chi connectivity index (χ4v) is 4.14. The molecule has 0 aromatic heterocycles. The molecule has 1 fully saturated rings. The molecule has 1 aliphatic carbocycles. The number of amides is 1. The zero-order valence-electron chi connectivity index (χ0n) is 13.9. The number of aliphatic hydroxyl groups is 1. The first kappa shape index (κ1) is 16.4. The number of fused-ring (bicyclic) bond motifs is 1. The van der Waals surface area contributed by atoms with Crippen molar-refractivity contribution in [2.75, 3.05) is 18.0 Å². The van der Waals surface area contributed by atoms with Crippen LogP contribution in [0.25, 0.3) is 0 Å². The summed E-state index contributed by atoms with van der Waals surface area (Å²) in [5.41, 5.74) is 3.58. The number of aliphatic hydroxyl groups excluding tert-OH is 1. The monoisotopic (exact) mass is 356 g/mol. The van der Waals surface area contributed by atoms with Gasteiger partial charge >= 0.3 is 0 Å². The number of carbonyl (C=O) groups is 1. The van der Waals surface area contributed by atoms with E-state index in [4.69, 9.17) is 11.6 Å². The maximum atomic E-state index is 12.6. The van der Waals surface area contributed by atoms with E-state index in [1.165, 1.54) is 12.8 Å². The minimum absolute atomic E-state index is 0.212. The van der Waals surface area contributed by atoms with Gasteiger partial charge < -0.3 is 15.3 Å². The molecular weight excluding hydrogens is 336 g/mol. The summed E-state index contributed by atoms with van der Waals surface area (Å²) in [5.74, 6) is -0.212. The molecule has 5 heteroatoms. The molecule has 2 aromatic carbocycles. The molecule has 0 unspecified atom stereocenters. The third kappa shape index (κ3) is 3.12. The molecular formula is C20H21ClN2O2. The SMILES string of the molecule is O=C(N[C@H]1c2ccccc2C[C@H]1O)c1ccc(N2CCCC2)c(Cl)c1. The van der Waals surface area contributed by atoms with E-state index in [-0.39, 0.29) is 11.9 Å². The molecule has 4 nitrogen and oxygen atoms in total. The Morgan fingerprint density at radius 1 is 1.16 bits per heavy atom. The van der Waals surface area contributed by atoms with Crippen LogP contribution in [0.3, 0.4) is 0 Å². The molecule has 1 heterocycles. The molecule has 1 amide bonds. The summed E-state index contributed by atoms with van der Waals surface area (Å²) in [6.07, 6.45) is 2.32. The predicted molar refractivity (Wildman–Crippen MR) is 99.3 cm³/mol. The second kappa shape index (κ2) is 6.70. The van der Waals surface area contributed by atoms with Crippen LogP contribution in [0.1, 0.15) is 40.4 Å². The van der Waals surface area contributed by atoms with Gasteiger partial charge in [0.2, 0.25) is 0 Å². The van der Waals surface area contributed by atoms with Crippen LogP contribution in [0.5, 0.6) is 0 Å². The minimum atomic E-state index is -0.597. The first-order valence-corrected chi connectivity index (χ1v) is 9.12. The molecule has 1 saturated heterocycles. The second-order valence-electron chi connectivity index (χ2n) is 6.78. The summed E-state index contributed by atoms with van der Waals surface area (Å²) in [4.78, 5) is 14.9. The Kier molecular flexibility index (Phi) is 4.40. The Hall–Kier alpha value is -2.04. The van der Waals surface area contributed by atoms with Crippen LogP contribution in [0.15, 0.2) is 42.5 Å². The minimum Gasteiger partial charge on any atom is -0.390 e. The zero-order chi connectivity index (χ0) is 17.4. The van der Waals surface area contributed by atoms with Gasteiger partial charge in [0.05, 0.1) is 22.9 Å². The largest absolute Gasteiger partial charge is 0.390 e. The molecule has 25 heavy (non-hydrogen) atoms. The summed E-state index contributed by atoms with van der Waals surface area (Å²) < 4.78 is 0. The van der Waals surface area contributed by atoms with Crippen molar-refractivity contribution in [3.05, 3.63) is 64.2 Å². The van der Waals surface area contributed by atoms with Crippen molar-refractivity contribution in [2.45, 2.75) is 31.4 Å². The molecule has 2 atom stereocenters. The number of hydrogen-bond donors (Lipinski definition) is 2. The Morgan fingerprint density at radius 3 is 2.68 bits per heavy atom. The quantitative estimate of drug-likeness (QED) is 0.887. The highest BCUT2D eigenvalue weighted by atomic mass is 35.5. The highest BCUT2D eigenvalue weighted by molar-refractivity contribution is 6.33. The molecule has 0 bridgehead atoms. The Morgan fingerprint density at radius 2 is 1.92 bits per heavy atom. The lowest BCUT2D eigenvalue weighted by atomic mass is 10.1. The molecule has 0 spiro atoms. The van der Waals surface area contributed by atoms with Crippen LogP contribution in [-0.2, 0) is 6.42 Å². The number of benzene rings is 2. The van der Waals surface area contributed by atoms with Gasteiger partial charge in [-0.3, -0.25) is 4.79 Å². The van der Waals surface area contributed by atoms with Crippen LogP contribution in [0, 0.1) is 0 Å². The fraction of sp³-hybridized carbons (Fsp3) is 0.350. The maximum Gasteiger partial charge on any atom is 0.251 e. The van der Waals surface area contributed by atoms with Gasteiger partial charge in [0.25, 0.3) is 5.91 Å². The van der Waals surface area contributed by atoms with E-state index in [2.05, 4.69) is 10.2 Å². The second-order valence-corrected chi connectivity index (χ2v) is 7.19. The lowest BCUT2D eigenvalue weighted by Gasteiger charge is -2.21. The average Bonchev–Trinajstić information content (AvgIpc) is 3.23. The van der Waals surface area contributed by atoms with Gasteiger partial charge in [-0.15, -0.1) is 0 Å². The Labute approximate surface area is 152 Å². The van der Waals surface area contributed by atoms with E-state index >= 15 is 0 Å². The summed E-state index contributed by atoms with van der Waals surface area (Å²) in [6.45, 7) is 2.02. The van der Waals surface area contributed by atoms with E-state index in [1.54, 1.807) is 6.07 Å². The van der Waals surface area contributed by atoms with Crippen LogP contribution in [0.2, 0.25) is 5.02 Å². The standard InChI is InChI=1S/C20H21ClN2O2/c21-16-11-14(7-8-17(16)23-9-3-4-10-23)20(25)22-19-15-6-2-1-5-13(15)12-18(19)24/h1-2,5-8,11,18-19,24H,3-4,9-10,12H2,(H,22,25)/t18-,19+/m1/s1. The summed E-state index contributed by atoms with van der Waals surface area (Å²) >= 11 is 6.41. The van der Waals surface area contributed by atoms with Gasteiger partial charge in [0.1, 0.15) is 0 Å². The van der Waals surface area contributed by atoms with Gasteiger partial charge in [-0.2, -0.15) is 0 Å². The Bertz CT molecular complexity index is 802. The van der Waals surface area contributed by atoms with Gasteiger partial charge in [0, 0.05) is 25.1 Å². The van der Waals surface area contributed by atoms with Crippen LogP contribution in [-0.4, -0.2) is 30.2 Å². The van der Waals surface area contributed by atoms with Gasteiger partial charge in [-0.25, -0.2) is 0 Å². The number of nitrogens with zero attached hydrogens (tertiary/aromatic N) is 1. The summed E-state index contributed by atoms with van der Waals surface area (Å²) in [5, 5.41) is 13.9. The van der Waals surface area contributed by atoms with Crippen molar-refractivity contribution in [1.29, 1.82) is 0 Å². The highest BCUT2D eigenvalue weighted by Gasteiger charge is 2.32. The topological polar surface area (TPSA) is 52.6 Å². The van der Waals surface area contributed by atoms with Crippen molar-refractivity contribution in [3.8, 4) is 0 Å². The van der Waals surface area contributed by atoms with E-state index < -0.39 is 6.10 Å². The summed E-state index contributed by atoms with van der Waals surface area (Å²) in [6, 6.07) is 12.9. The van der Waals surface area contributed by atoms with Crippen LogP contribution >= 0.6 is 11.6 Å². The van der Waals surface area contributed by atoms with Crippen molar-refractivity contribution < 1.29 is 9.90 Å². The third-order valence-corrected chi connectivity index (χ3v) is 5.45. The lowest BCUT2D eigenvalue weighted by molar-refractivity contribution is 0.0858. The first-order valence-electron chi connectivity index (χ1n) is 8.75. The third-order valence-electron chi connectivity index (χ3n) is 5.15. The summed E-state index contributed by atoms with van der Waals surface area (Å²) in [7, 11) is 0. The van der Waals surface area contributed by atoms with Gasteiger partial charge in [-0.1, -0.05) is 35.9 Å². The zero-order valence-corrected chi connectivity index (χ0v) is 14.7. The molecule has 2 N–H and O–H groups in total. The van der Waals surface area contributed by atoms with Crippen LogP contribution < -0.4 is 10.2 Å². The van der Waals surface area contributed by atoms with Crippen LogP contribution in [0.4, 0.5) is 5.69 Å². The van der Waals surface area contributed by atoms with Gasteiger partial charge in [0.15, 0.2) is 0 Å². The highest BCUT2D eigenvalue weighted by Crippen LogP contribution is 2.32. The number of halogens is 1. The number of carbonyl (C=O) groups excluding carboxylic acids is 1. The average molecular weight is 357 g/mol. The maximum absolute atomic E-state index is 12.6. The normalized spacial score (nSPS) is 22.1. The fourth-order valence-electron chi connectivity index (χ4n) is 3.84. The molecule has 1 aliphatic heterocycles. The van der Waals surface area contributed by atoms with E-state index in [1.807, 2.05) is 36.4 Å². The number of rotatable bonds is 3. The predicted octanol–water partition coefficient (Wildman–Crippen LogP) is 3.33. The van der Waals surface area contributed by atoms with E-state index in [9.17, 15) is 9.90 Å². The smallest absolute Gasteiger partial charge is 0.251 e. The lowest BCUT2D eigenvalue weighted by Crippen LogP contribution is -2.33. The van der Waals surface area contributed by atoms with E-state index in [0.717, 1.165) is 29.9 Å². The molecule has 130 valence electrons. The Balaban J connectivity index is 1.52. The first-order chi connectivity index (χ1) is 12.1. The number of nitrogens with one attached hydrogen (secondary N) is 1. The van der Waals surface area contributed by atoms with Crippen molar-refractivity contribution in [3.63, 3.8) is 0 Å².